The van der Waals surface area contributed by atoms with Gasteiger partial charge in [0, 0.05) is 25.3 Å². The van der Waals surface area contributed by atoms with E-state index in [-0.39, 0.29) is 54.7 Å². The quantitative estimate of drug-likeness (QED) is 0.324. The van der Waals surface area contributed by atoms with Gasteiger partial charge >= 0.3 is 5.69 Å². The van der Waals surface area contributed by atoms with E-state index < -0.39 is 17.5 Å². The summed E-state index contributed by atoms with van der Waals surface area (Å²) >= 11 is 0. The molecule has 0 N–H and O–H groups in total. The largest absolute Gasteiger partial charge is 0.355 e. The summed E-state index contributed by atoms with van der Waals surface area (Å²) in [6.45, 7) is 10.00. The third-order valence-electron chi connectivity index (χ3n) is 8.44. The summed E-state index contributed by atoms with van der Waals surface area (Å²) in [5.74, 6) is -0.778. The zero-order chi connectivity index (χ0) is 31.1. The van der Waals surface area contributed by atoms with Crippen LogP contribution < -0.4 is 10.6 Å². The van der Waals surface area contributed by atoms with Gasteiger partial charge in [-0.1, -0.05) is 25.6 Å². The van der Waals surface area contributed by atoms with E-state index in [4.69, 9.17) is 4.98 Å². The van der Waals surface area contributed by atoms with Crippen molar-refractivity contribution >= 4 is 22.8 Å². The zero-order valence-corrected chi connectivity index (χ0v) is 24.9. The second-order valence-electron chi connectivity index (χ2n) is 11.6. The lowest BCUT2D eigenvalue weighted by atomic mass is 9.99. The highest BCUT2D eigenvalue weighted by Gasteiger charge is 2.36. The third kappa shape index (κ3) is 4.90. The average Bonchev–Trinajstić information content (AvgIpc) is 3.47. The van der Waals surface area contributed by atoms with Gasteiger partial charge in [-0.05, 0) is 62.3 Å². The molecule has 13 heteroatoms. The van der Waals surface area contributed by atoms with E-state index in [0.29, 0.717) is 35.3 Å². The molecule has 1 amide bonds. The molecular weight excluding hydrogens is 563 g/mol. The van der Waals surface area contributed by atoms with Crippen LogP contribution in [0.2, 0.25) is 0 Å². The van der Waals surface area contributed by atoms with Crippen LogP contribution >= 0.6 is 0 Å². The maximum absolute atomic E-state index is 16.1. The number of pyridine rings is 2. The van der Waals surface area contributed by atoms with Gasteiger partial charge in [0.1, 0.15) is 5.82 Å². The number of fused-ring (bicyclic) bond motifs is 5. The minimum atomic E-state index is -0.647. The number of carbonyl (C=O) groups is 1. The lowest BCUT2D eigenvalue weighted by Gasteiger charge is -2.45. The van der Waals surface area contributed by atoms with Crippen LogP contribution in [0.15, 0.2) is 42.0 Å². The highest BCUT2D eigenvalue weighted by molar-refractivity contribution is 5.90. The van der Waals surface area contributed by atoms with Crippen LogP contribution in [0.4, 0.5) is 10.2 Å². The molecule has 2 aliphatic rings. The molecule has 0 aliphatic carbocycles. The highest BCUT2D eigenvalue weighted by atomic mass is 19.1. The van der Waals surface area contributed by atoms with Crippen molar-refractivity contribution in [1.29, 1.82) is 5.26 Å². The number of carbonyl (C=O) groups excluding carboxylic acids is 1. The Kier molecular flexibility index (Phi) is 7.67. The second kappa shape index (κ2) is 11.6. The first-order valence-electron chi connectivity index (χ1n) is 14.8. The Morgan fingerprint density at radius 2 is 2.02 bits per heavy atom. The van der Waals surface area contributed by atoms with E-state index in [9.17, 15) is 14.9 Å². The number of nitriles is 1. The SMILES string of the molecule is C=CC(=O)N1CC(C)N(c2nc(=O)n3c4nc(c(F)cc24)-n2nncc2CCCCc2ccnc(C(C)C)c2-3)CC1CC#N. The number of aromatic nitrogens is 7. The van der Waals surface area contributed by atoms with Crippen LogP contribution in [0.3, 0.4) is 0 Å². The Balaban J connectivity index is 1.65. The molecule has 0 spiro atoms. The van der Waals surface area contributed by atoms with Crippen molar-refractivity contribution in [3.05, 3.63) is 70.4 Å². The van der Waals surface area contributed by atoms with Gasteiger partial charge in [-0.2, -0.15) is 14.9 Å². The van der Waals surface area contributed by atoms with E-state index in [1.807, 2.05) is 31.7 Å². The highest BCUT2D eigenvalue weighted by Crippen LogP contribution is 2.34. The number of hydrogen-bond acceptors (Lipinski definition) is 9. The van der Waals surface area contributed by atoms with Crippen molar-refractivity contribution in [1.82, 2.24) is 39.4 Å². The molecule has 4 aromatic rings. The van der Waals surface area contributed by atoms with Gasteiger partial charge in [0.15, 0.2) is 17.3 Å². The Labute approximate surface area is 253 Å². The maximum Gasteiger partial charge on any atom is 0.355 e. The molecule has 0 aromatic carbocycles. The summed E-state index contributed by atoms with van der Waals surface area (Å²) in [5.41, 5.74) is 2.60. The Hall–Kier alpha value is -4.99. The van der Waals surface area contributed by atoms with Gasteiger partial charge in [0.25, 0.3) is 0 Å². The predicted octanol–water partition coefficient (Wildman–Crippen LogP) is 3.40. The topological polar surface area (TPSA) is 139 Å². The van der Waals surface area contributed by atoms with Crippen LogP contribution in [0.25, 0.3) is 22.5 Å². The first kappa shape index (κ1) is 29.1. The summed E-state index contributed by atoms with van der Waals surface area (Å²) in [6, 6.07) is 4.62. The number of amides is 1. The van der Waals surface area contributed by atoms with Gasteiger partial charge < -0.3 is 9.80 Å². The lowest BCUT2D eigenvalue weighted by Crippen LogP contribution is -2.59. The summed E-state index contributed by atoms with van der Waals surface area (Å²) in [7, 11) is 0. The van der Waals surface area contributed by atoms with Crippen molar-refractivity contribution in [2.24, 2.45) is 0 Å². The van der Waals surface area contributed by atoms with Crippen LogP contribution in [0, 0.1) is 17.1 Å². The molecule has 1 saturated heterocycles. The molecule has 12 nitrogen and oxygen atoms in total. The van der Waals surface area contributed by atoms with Gasteiger partial charge in [-0.15, -0.1) is 5.10 Å². The van der Waals surface area contributed by atoms with E-state index in [0.717, 1.165) is 18.4 Å². The molecule has 226 valence electrons. The first-order valence-corrected chi connectivity index (χ1v) is 14.8. The molecular formula is C31H33FN10O2. The fraction of sp³-hybridized carbons (Fsp3) is 0.419. The summed E-state index contributed by atoms with van der Waals surface area (Å²) in [5, 5.41) is 18.0. The van der Waals surface area contributed by atoms with Crippen molar-refractivity contribution < 1.29 is 9.18 Å². The smallest absolute Gasteiger partial charge is 0.349 e. The molecule has 2 unspecified atom stereocenters. The Morgan fingerprint density at radius 1 is 1.23 bits per heavy atom. The van der Waals surface area contributed by atoms with E-state index in [1.165, 1.54) is 21.4 Å². The second-order valence-corrected chi connectivity index (χ2v) is 11.6. The van der Waals surface area contributed by atoms with Gasteiger partial charge in [-0.3, -0.25) is 9.78 Å². The zero-order valence-electron chi connectivity index (χ0n) is 24.9. The Bertz CT molecular complexity index is 1870. The molecule has 0 saturated carbocycles. The number of nitrogens with zero attached hydrogens (tertiary/aromatic N) is 10. The number of hydrogen-bond donors (Lipinski definition) is 0. The first-order chi connectivity index (χ1) is 21.2. The van der Waals surface area contributed by atoms with Crippen molar-refractivity contribution in [3.63, 3.8) is 0 Å². The average molecular weight is 597 g/mol. The molecule has 1 fully saturated rings. The van der Waals surface area contributed by atoms with Crippen molar-refractivity contribution in [2.45, 2.75) is 70.9 Å². The minimum absolute atomic E-state index is 0.0245. The minimum Gasteiger partial charge on any atom is -0.349 e. The predicted molar refractivity (Wildman–Crippen MR) is 161 cm³/mol. The number of halogens is 1. The molecule has 6 rings (SSSR count). The maximum atomic E-state index is 16.1. The molecule has 2 bridgehead atoms. The number of rotatable bonds is 4. The fourth-order valence-corrected chi connectivity index (χ4v) is 6.29. The summed E-state index contributed by atoms with van der Waals surface area (Å²) in [4.78, 5) is 44.3. The molecule has 0 radical (unpaired) electrons. The molecule has 2 atom stereocenters. The number of piperazine rings is 1. The summed E-state index contributed by atoms with van der Waals surface area (Å²) in [6.07, 6.45) is 7.60. The summed E-state index contributed by atoms with van der Waals surface area (Å²) < 4.78 is 18.9. The van der Waals surface area contributed by atoms with Crippen molar-refractivity contribution in [2.75, 3.05) is 18.0 Å². The van der Waals surface area contributed by atoms with Crippen LogP contribution in [0.5, 0.6) is 0 Å². The standard InChI is InChI=1S/C31H33FN10O2/c1-5-25(43)40-16-19(4)39(17-22(40)10-12-33)28-23-14-24(32)30-36-29(23)41(31(44)37-28)27-20(11-13-34-26(27)18(2)3)8-6-7-9-21-15-35-38-42(21)30/h5,11,13-15,18-19,22H,1,6-10,16-17H2,2-4H3. The third-order valence-corrected chi connectivity index (χ3v) is 8.44. The monoisotopic (exact) mass is 596 g/mol. The van der Waals surface area contributed by atoms with E-state index in [2.05, 4.69) is 32.9 Å². The normalized spacial score (nSPS) is 18.4. The Morgan fingerprint density at radius 3 is 2.77 bits per heavy atom. The van der Waals surface area contributed by atoms with Crippen LogP contribution in [-0.4, -0.2) is 70.5 Å². The van der Waals surface area contributed by atoms with Gasteiger partial charge in [0.2, 0.25) is 5.91 Å². The molecule has 44 heavy (non-hydrogen) atoms. The van der Waals surface area contributed by atoms with Crippen molar-refractivity contribution in [3.8, 4) is 17.6 Å². The fourth-order valence-electron chi connectivity index (χ4n) is 6.29. The lowest BCUT2D eigenvalue weighted by molar-refractivity contribution is -0.129. The van der Waals surface area contributed by atoms with Crippen LogP contribution in [-0.2, 0) is 17.6 Å². The van der Waals surface area contributed by atoms with E-state index >= 15 is 4.39 Å². The van der Waals surface area contributed by atoms with Gasteiger partial charge in [0.05, 0.1) is 47.2 Å². The number of aryl methyl sites for hydroxylation is 2. The molecule has 6 heterocycles. The van der Waals surface area contributed by atoms with E-state index in [1.54, 1.807) is 17.3 Å². The van der Waals surface area contributed by atoms with Gasteiger partial charge in [-0.25, -0.2) is 18.7 Å². The molecule has 4 aromatic heterocycles. The van der Waals surface area contributed by atoms with Crippen LogP contribution in [0.1, 0.15) is 62.9 Å². The number of anilines is 1. The molecule has 2 aliphatic heterocycles.